The lowest BCUT2D eigenvalue weighted by Crippen LogP contribution is -2.11. The molecule has 0 aliphatic heterocycles. The molecule has 1 aromatic rings. The van der Waals surface area contributed by atoms with Crippen LogP contribution in [0.3, 0.4) is 0 Å². The van der Waals surface area contributed by atoms with E-state index in [1.165, 1.54) is 19.3 Å². The third-order valence-corrected chi connectivity index (χ3v) is 3.86. The number of aryl methyl sites for hydroxylation is 1. The molecule has 0 saturated heterocycles. The summed E-state index contributed by atoms with van der Waals surface area (Å²) < 4.78 is 13.5. The lowest BCUT2D eigenvalue weighted by Gasteiger charge is -2.23. The van der Waals surface area contributed by atoms with Gasteiger partial charge in [-0.15, -0.1) is 0 Å². The highest BCUT2D eigenvalue weighted by Gasteiger charge is 2.17. The Bertz CT molecular complexity index is 431. The highest BCUT2D eigenvalue weighted by molar-refractivity contribution is 5.54. The number of hydrogen-bond donors (Lipinski definition) is 1. The van der Waals surface area contributed by atoms with Gasteiger partial charge in [-0.2, -0.15) is 0 Å². The number of halogens is 1. The molecular weight excluding hydrogens is 227 g/mol. The van der Waals surface area contributed by atoms with E-state index in [1.54, 1.807) is 19.1 Å². The second-order valence-corrected chi connectivity index (χ2v) is 5.22. The number of benzene rings is 1. The van der Waals surface area contributed by atoms with Crippen LogP contribution in [0.4, 0.5) is 4.39 Å². The van der Waals surface area contributed by atoms with Gasteiger partial charge in [0.2, 0.25) is 0 Å². The molecule has 0 bridgehead atoms. The highest BCUT2D eigenvalue weighted by Crippen LogP contribution is 2.30. The first-order chi connectivity index (χ1) is 8.70. The summed E-state index contributed by atoms with van der Waals surface area (Å²) in [7, 11) is 0. The quantitative estimate of drug-likeness (QED) is 0.854. The Kier molecular flexibility index (Phi) is 4.54. The summed E-state index contributed by atoms with van der Waals surface area (Å²) in [5.74, 6) is 0.304. The van der Waals surface area contributed by atoms with E-state index >= 15 is 0 Å². The smallest absolute Gasteiger partial charge is 0.126 e. The fourth-order valence-electron chi connectivity index (χ4n) is 2.68. The second-order valence-electron chi connectivity index (χ2n) is 5.22. The molecule has 0 aromatic heterocycles. The molecule has 0 spiro atoms. The summed E-state index contributed by atoms with van der Waals surface area (Å²) in [5.41, 5.74) is 2.57. The van der Waals surface area contributed by atoms with E-state index in [0.29, 0.717) is 11.5 Å². The molecule has 1 aliphatic carbocycles. The van der Waals surface area contributed by atoms with Gasteiger partial charge in [0.15, 0.2) is 0 Å². The lowest BCUT2D eigenvalue weighted by molar-refractivity contribution is 0.295. The molecule has 0 atom stereocenters. The third kappa shape index (κ3) is 3.20. The van der Waals surface area contributed by atoms with Gasteiger partial charge in [0.25, 0.3) is 0 Å². The van der Waals surface area contributed by atoms with E-state index in [1.807, 2.05) is 12.1 Å². The zero-order valence-corrected chi connectivity index (χ0v) is 11.0. The maximum Gasteiger partial charge on any atom is 0.126 e. The molecule has 1 aromatic carbocycles. The van der Waals surface area contributed by atoms with Gasteiger partial charge in [-0.25, -0.2) is 4.39 Å². The second kappa shape index (κ2) is 6.14. The summed E-state index contributed by atoms with van der Waals surface area (Å²) in [6.45, 7) is 1.84. The third-order valence-electron chi connectivity index (χ3n) is 3.86. The summed E-state index contributed by atoms with van der Waals surface area (Å²) in [5, 5.41) is 9.50. The molecule has 0 amide bonds. The molecule has 0 radical (unpaired) electrons. The van der Waals surface area contributed by atoms with Crippen molar-refractivity contribution in [1.29, 1.82) is 0 Å². The standard InChI is InChI=1S/C16H21FO/c1-12-7-8-13(10-16(12)17)9-15(11-18)14-5-3-2-4-6-14/h7-10,14,18H,2-6,11H2,1H3. The average molecular weight is 248 g/mol. The van der Waals surface area contributed by atoms with Gasteiger partial charge < -0.3 is 5.11 Å². The Balaban J connectivity index is 2.19. The van der Waals surface area contributed by atoms with Crippen LogP contribution in [0.15, 0.2) is 23.8 Å². The van der Waals surface area contributed by atoms with Crippen LogP contribution in [0.1, 0.15) is 43.2 Å². The van der Waals surface area contributed by atoms with Crippen LogP contribution in [-0.2, 0) is 0 Å². The molecule has 98 valence electrons. The molecular formula is C16H21FO. The Morgan fingerprint density at radius 2 is 2.06 bits per heavy atom. The molecule has 0 unspecified atom stereocenters. The van der Waals surface area contributed by atoms with Gasteiger partial charge in [0, 0.05) is 0 Å². The number of aliphatic hydroxyl groups excluding tert-OH is 1. The summed E-state index contributed by atoms with van der Waals surface area (Å²) >= 11 is 0. The predicted molar refractivity (Wildman–Crippen MR) is 72.8 cm³/mol. The van der Waals surface area contributed by atoms with Crippen LogP contribution in [0.5, 0.6) is 0 Å². The predicted octanol–water partition coefficient (Wildman–Crippen LogP) is 4.09. The number of rotatable bonds is 3. The molecule has 1 fully saturated rings. The topological polar surface area (TPSA) is 20.2 Å². The number of aliphatic hydroxyl groups is 1. The monoisotopic (exact) mass is 248 g/mol. The largest absolute Gasteiger partial charge is 0.392 e. The van der Waals surface area contributed by atoms with Gasteiger partial charge in [-0.3, -0.25) is 0 Å². The van der Waals surface area contributed by atoms with Gasteiger partial charge in [-0.1, -0.05) is 37.5 Å². The SMILES string of the molecule is Cc1ccc(C=C(CO)C2CCCCC2)cc1F. The summed E-state index contributed by atoms with van der Waals surface area (Å²) in [4.78, 5) is 0. The maximum atomic E-state index is 13.5. The van der Waals surface area contributed by atoms with Gasteiger partial charge in [0.1, 0.15) is 5.82 Å². The minimum atomic E-state index is -0.176. The van der Waals surface area contributed by atoms with Crippen molar-refractivity contribution in [3.8, 4) is 0 Å². The van der Waals surface area contributed by atoms with Crippen LogP contribution in [0, 0.1) is 18.7 Å². The van der Waals surface area contributed by atoms with Crippen molar-refractivity contribution in [3.63, 3.8) is 0 Å². The van der Waals surface area contributed by atoms with Gasteiger partial charge >= 0.3 is 0 Å². The van der Waals surface area contributed by atoms with Crippen molar-refractivity contribution in [2.24, 2.45) is 5.92 Å². The Morgan fingerprint density at radius 3 is 2.67 bits per heavy atom. The minimum Gasteiger partial charge on any atom is -0.392 e. The molecule has 1 N–H and O–H groups in total. The first-order valence-electron chi connectivity index (χ1n) is 6.78. The maximum absolute atomic E-state index is 13.5. The normalized spacial score (nSPS) is 18.1. The van der Waals surface area contributed by atoms with E-state index in [-0.39, 0.29) is 12.4 Å². The van der Waals surface area contributed by atoms with Crippen molar-refractivity contribution in [2.45, 2.75) is 39.0 Å². The molecule has 1 saturated carbocycles. The first kappa shape index (κ1) is 13.3. The summed E-state index contributed by atoms with van der Waals surface area (Å²) in [6, 6.07) is 5.25. The zero-order chi connectivity index (χ0) is 13.0. The van der Waals surface area contributed by atoms with E-state index < -0.39 is 0 Å². The van der Waals surface area contributed by atoms with Crippen LogP contribution in [0.25, 0.3) is 6.08 Å². The molecule has 2 rings (SSSR count). The molecule has 1 aliphatic rings. The minimum absolute atomic E-state index is 0.0835. The highest BCUT2D eigenvalue weighted by atomic mass is 19.1. The van der Waals surface area contributed by atoms with Crippen LogP contribution >= 0.6 is 0 Å². The Hall–Kier alpha value is -1.15. The Morgan fingerprint density at radius 1 is 1.33 bits per heavy atom. The van der Waals surface area contributed by atoms with Crippen molar-refractivity contribution in [1.82, 2.24) is 0 Å². The first-order valence-corrected chi connectivity index (χ1v) is 6.78. The van der Waals surface area contributed by atoms with E-state index in [9.17, 15) is 9.50 Å². The zero-order valence-electron chi connectivity index (χ0n) is 11.0. The number of hydrogen-bond acceptors (Lipinski definition) is 1. The lowest BCUT2D eigenvalue weighted by atomic mass is 9.83. The van der Waals surface area contributed by atoms with E-state index in [2.05, 4.69) is 0 Å². The summed E-state index contributed by atoms with van der Waals surface area (Å²) in [6.07, 6.45) is 8.04. The van der Waals surface area contributed by atoms with Crippen molar-refractivity contribution >= 4 is 6.08 Å². The average Bonchev–Trinajstić information content (AvgIpc) is 2.41. The van der Waals surface area contributed by atoms with Gasteiger partial charge in [-0.05, 0) is 48.4 Å². The van der Waals surface area contributed by atoms with E-state index in [4.69, 9.17) is 0 Å². The van der Waals surface area contributed by atoms with E-state index in [0.717, 1.165) is 24.0 Å². The molecule has 1 nitrogen and oxygen atoms in total. The fraction of sp³-hybridized carbons (Fsp3) is 0.500. The molecule has 0 heterocycles. The van der Waals surface area contributed by atoms with Crippen LogP contribution in [0.2, 0.25) is 0 Å². The van der Waals surface area contributed by atoms with Crippen LogP contribution in [-0.4, -0.2) is 11.7 Å². The van der Waals surface area contributed by atoms with Crippen molar-refractivity contribution < 1.29 is 9.50 Å². The Labute approximate surface area is 108 Å². The van der Waals surface area contributed by atoms with Crippen molar-refractivity contribution in [2.75, 3.05) is 6.61 Å². The van der Waals surface area contributed by atoms with Crippen molar-refractivity contribution in [3.05, 3.63) is 40.7 Å². The molecule has 2 heteroatoms. The van der Waals surface area contributed by atoms with Gasteiger partial charge in [0.05, 0.1) is 6.61 Å². The van der Waals surface area contributed by atoms with Crippen LogP contribution < -0.4 is 0 Å². The fourth-order valence-corrected chi connectivity index (χ4v) is 2.68. The molecule has 18 heavy (non-hydrogen) atoms.